The summed E-state index contributed by atoms with van der Waals surface area (Å²) in [7, 11) is 1.79. The van der Waals surface area contributed by atoms with Gasteiger partial charge in [0.2, 0.25) is 5.91 Å². The van der Waals surface area contributed by atoms with Gasteiger partial charge in [-0.05, 0) is 38.1 Å². The number of carbonyl (C=O) groups excluding carboxylic acids is 1. The summed E-state index contributed by atoms with van der Waals surface area (Å²) in [5.74, 6) is 0.818. The second kappa shape index (κ2) is 8.57. The highest BCUT2D eigenvalue weighted by atomic mass is 35.5. The molecule has 2 rings (SSSR count). The van der Waals surface area contributed by atoms with E-state index in [9.17, 15) is 4.79 Å². The van der Waals surface area contributed by atoms with E-state index in [1.54, 1.807) is 35.4 Å². The molecule has 124 valence electrons. The normalized spacial score (nSPS) is 12.0. The molecule has 0 radical (unpaired) electrons. The molecule has 2 aromatic rings. The second-order valence-corrected chi connectivity index (χ2v) is 7.96. The van der Waals surface area contributed by atoms with Crippen molar-refractivity contribution >= 4 is 40.6 Å². The molecule has 4 nitrogen and oxygen atoms in total. The number of hydrogen-bond donors (Lipinski definition) is 0. The van der Waals surface area contributed by atoms with Crippen molar-refractivity contribution in [2.75, 3.05) is 20.2 Å². The highest BCUT2D eigenvalue weighted by Crippen LogP contribution is 2.27. The number of thiazole rings is 1. The third-order valence-corrected chi connectivity index (χ3v) is 5.54. The Morgan fingerprint density at radius 2 is 2.13 bits per heavy atom. The number of ether oxygens (including phenoxy) is 1. The fourth-order valence-electron chi connectivity index (χ4n) is 1.84. The molecule has 0 saturated heterocycles. The van der Waals surface area contributed by atoms with Crippen molar-refractivity contribution in [3.63, 3.8) is 0 Å². The first-order chi connectivity index (χ1) is 11.0. The molecule has 1 unspecified atom stereocenters. The molecule has 1 aromatic carbocycles. The largest absolute Gasteiger partial charge is 0.492 e. The van der Waals surface area contributed by atoms with Gasteiger partial charge in [0.15, 0.2) is 4.34 Å². The van der Waals surface area contributed by atoms with Gasteiger partial charge >= 0.3 is 0 Å². The van der Waals surface area contributed by atoms with Crippen LogP contribution in [0.3, 0.4) is 0 Å². The standard InChI is InChI=1S/C16H19ClN2O2S2/c1-11-10-22-16(18-11)23-12(2)15(20)19(3)8-9-21-14-6-4-13(17)5-7-14/h4-7,10,12H,8-9H2,1-3H3. The fraction of sp³-hybridized carbons (Fsp3) is 0.375. The number of amides is 1. The average molecular weight is 371 g/mol. The molecular formula is C16H19ClN2O2S2. The molecule has 0 aliphatic rings. The molecule has 0 aliphatic carbocycles. The summed E-state index contributed by atoms with van der Waals surface area (Å²) < 4.78 is 6.54. The number of benzene rings is 1. The van der Waals surface area contributed by atoms with Crippen molar-refractivity contribution in [1.82, 2.24) is 9.88 Å². The Morgan fingerprint density at radius 3 is 2.74 bits per heavy atom. The molecule has 0 bridgehead atoms. The SMILES string of the molecule is Cc1csc(SC(C)C(=O)N(C)CCOc2ccc(Cl)cc2)n1. The zero-order chi connectivity index (χ0) is 16.8. The predicted molar refractivity (Wildman–Crippen MR) is 96.8 cm³/mol. The molecule has 0 saturated carbocycles. The maximum Gasteiger partial charge on any atom is 0.235 e. The first-order valence-corrected chi connectivity index (χ1v) is 9.31. The minimum absolute atomic E-state index is 0.0718. The molecule has 0 aliphatic heterocycles. The number of rotatable bonds is 7. The Balaban J connectivity index is 1.76. The summed E-state index contributed by atoms with van der Waals surface area (Å²) in [5, 5.41) is 2.50. The molecule has 0 fully saturated rings. The number of hydrogen-bond acceptors (Lipinski definition) is 5. The van der Waals surface area contributed by atoms with Gasteiger partial charge in [0.1, 0.15) is 12.4 Å². The number of carbonyl (C=O) groups is 1. The van der Waals surface area contributed by atoms with Crippen LogP contribution in [0.4, 0.5) is 0 Å². The minimum atomic E-state index is -0.166. The van der Waals surface area contributed by atoms with Gasteiger partial charge in [-0.1, -0.05) is 23.4 Å². The number of likely N-dealkylation sites (N-methyl/N-ethyl adjacent to an activating group) is 1. The predicted octanol–water partition coefficient (Wildman–Crippen LogP) is 4.12. The van der Waals surface area contributed by atoms with E-state index in [-0.39, 0.29) is 11.2 Å². The van der Waals surface area contributed by atoms with E-state index < -0.39 is 0 Å². The maximum atomic E-state index is 12.4. The topological polar surface area (TPSA) is 42.4 Å². The summed E-state index contributed by atoms with van der Waals surface area (Å²) in [5.41, 5.74) is 0.988. The Labute approximate surface area is 149 Å². The van der Waals surface area contributed by atoms with Gasteiger partial charge in [-0.3, -0.25) is 4.79 Å². The van der Waals surface area contributed by atoms with Crippen LogP contribution in [-0.4, -0.2) is 41.2 Å². The van der Waals surface area contributed by atoms with Gasteiger partial charge in [-0.15, -0.1) is 11.3 Å². The van der Waals surface area contributed by atoms with Crippen LogP contribution < -0.4 is 4.74 Å². The van der Waals surface area contributed by atoms with E-state index in [1.807, 2.05) is 31.4 Å². The quantitative estimate of drug-likeness (QED) is 0.687. The minimum Gasteiger partial charge on any atom is -0.492 e. The van der Waals surface area contributed by atoms with Gasteiger partial charge in [0.25, 0.3) is 0 Å². The van der Waals surface area contributed by atoms with Crippen LogP contribution >= 0.6 is 34.7 Å². The van der Waals surface area contributed by atoms with Gasteiger partial charge in [0.05, 0.1) is 11.8 Å². The van der Waals surface area contributed by atoms with Crippen LogP contribution in [0.5, 0.6) is 5.75 Å². The number of aromatic nitrogens is 1. The van der Waals surface area contributed by atoms with E-state index in [0.717, 1.165) is 15.8 Å². The molecule has 1 atom stereocenters. The van der Waals surface area contributed by atoms with Gasteiger partial charge < -0.3 is 9.64 Å². The van der Waals surface area contributed by atoms with Crippen molar-refractivity contribution < 1.29 is 9.53 Å². The Morgan fingerprint density at radius 1 is 1.43 bits per heavy atom. The van der Waals surface area contributed by atoms with Crippen LogP contribution in [-0.2, 0) is 4.79 Å². The second-order valence-electron chi connectivity index (χ2n) is 5.08. The van der Waals surface area contributed by atoms with Crippen molar-refractivity contribution in [1.29, 1.82) is 0 Å². The van der Waals surface area contributed by atoms with Crippen LogP contribution in [0.15, 0.2) is 34.0 Å². The highest BCUT2D eigenvalue weighted by Gasteiger charge is 2.19. The van der Waals surface area contributed by atoms with E-state index >= 15 is 0 Å². The molecule has 7 heteroatoms. The Hall–Kier alpha value is -1.24. The van der Waals surface area contributed by atoms with Crippen LogP contribution in [0.2, 0.25) is 5.02 Å². The highest BCUT2D eigenvalue weighted by molar-refractivity contribution is 8.02. The van der Waals surface area contributed by atoms with Crippen molar-refractivity contribution in [2.45, 2.75) is 23.4 Å². The molecule has 1 heterocycles. The number of aryl methyl sites for hydroxylation is 1. The lowest BCUT2D eigenvalue weighted by molar-refractivity contribution is -0.129. The van der Waals surface area contributed by atoms with Crippen LogP contribution in [0.1, 0.15) is 12.6 Å². The number of thioether (sulfide) groups is 1. The maximum absolute atomic E-state index is 12.4. The van der Waals surface area contributed by atoms with Gasteiger partial charge in [0, 0.05) is 23.1 Å². The lowest BCUT2D eigenvalue weighted by atomic mass is 10.3. The lowest BCUT2D eigenvalue weighted by Crippen LogP contribution is -2.36. The van der Waals surface area contributed by atoms with Crippen LogP contribution in [0.25, 0.3) is 0 Å². The van der Waals surface area contributed by atoms with Crippen molar-refractivity contribution in [3.05, 3.63) is 40.4 Å². The van der Waals surface area contributed by atoms with E-state index in [4.69, 9.17) is 16.3 Å². The third-order valence-electron chi connectivity index (χ3n) is 3.11. The van der Waals surface area contributed by atoms with Gasteiger partial charge in [-0.25, -0.2) is 4.98 Å². The zero-order valence-corrected chi connectivity index (χ0v) is 15.7. The molecule has 1 amide bonds. The van der Waals surface area contributed by atoms with Crippen LogP contribution in [0, 0.1) is 6.92 Å². The van der Waals surface area contributed by atoms with Crippen molar-refractivity contribution in [2.24, 2.45) is 0 Å². The molecule has 23 heavy (non-hydrogen) atoms. The fourth-order valence-corrected chi connectivity index (χ4v) is 4.07. The molecular weight excluding hydrogens is 352 g/mol. The smallest absolute Gasteiger partial charge is 0.235 e. The Bertz CT molecular complexity index is 646. The number of nitrogens with zero attached hydrogens (tertiary/aromatic N) is 2. The summed E-state index contributed by atoms with van der Waals surface area (Å²) in [6.45, 7) is 4.83. The van der Waals surface area contributed by atoms with E-state index in [1.165, 1.54) is 11.8 Å². The van der Waals surface area contributed by atoms with Gasteiger partial charge in [-0.2, -0.15) is 0 Å². The summed E-state index contributed by atoms with van der Waals surface area (Å²) >= 11 is 8.89. The summed E-state index contributed by atoms with van der Waals surface area (Å²) in [6, 6.07) is 7.18. The monoisotopic (exact) mass is 370 g/mol. The number of halogens is 1. The molecule has 0 spiro atoms. The van der Waals surface area contributed by atoms with E-state index in [0.29, 0.717) is 18.2 Å². The average Bonchev–Trinajstić information content (AvgIpc) is 2.93. The zero-order valence-electron chi connectivity index (χ0n) is 13.3. The first kappa shape index (κ1) is 18.1. The summed E-state index contributed by atoms with van der Waals surface area (Å²) in [4.78, 5) is 18.4. The lowest BCUT2D eigenvalue weighted by Gasteiger charge is -2.20. The molecule has 0 N–H and O–H groups in total. The summed E-state index contributed by atoms with van der Waals surface area (Å²) in [6.07, 6.45) is 0. The first-order valence-electron chi connectivity index (χ1n) is 7.18. The molecule has 1 aromatic heterocycles. The Kier molecular flexibility index (Phi) is 6.74. The van der Waals surface area contributed by atoms with E-state index in [2.05, 4.69) is 4.98 Å². The third kappa shape index (κ3) is 5.71. The van der Waals surface area contributed by atoms with Crippen molar-refractivity contribution in [3.8, 4) is 5.75 Å².